The van der Waals surface area contributed by atoms with Gasteiger partial charge in [0.15, 0.2) is 0 Å². The van der Waals surface area contributed by atoms with Crippen molar-refractivity contribution >= 4 is 11.9 Å². The summed E-state index contributed by atoms with van der Waals surface area (Å²) in [5.41, 5.74) is 3.41. The molecule has 0 spiro atoms. The fourth-order valence-corrected chi connectivity index (χ4v) is 3.99. The van der Waals surface area contributed by atoms with Crippen LogP contribution in [0.1, 0.15) is 62.9 Å². The molecule has 0 aromatic heterocycles. The second kappa shape index (κ2) is 12.5. The minimum atomic E-state index is -0.816. The van der Waals surface area contributed by atoms with Crippen molar-refractivity contribution in [3.63, 3.8) is 0 Å². The van der Waals surface area contributed by atoms with Crippen LogP contribution in [0.5, 0.6) is 5.75 Å². The molecule has 196 valence electrons. The number of nitrogens with one attached hydrogen (secondary N) is 2. The van der Waals surface area contributed by atoms with Gasteiger partial charge in [0.25, 0.3) is 5.91 Å². The standard InChI is InChI=1S/C29H34N2O6/c1-29(2,31-17-26(34)22-11-12-25(33)24(14-22)18-32)15-20-5-4-6-23(13-20)27(35)30-16-19-7-9-21(10-8-19)28(36)37-3/h4-14,26,31-34H,15-18H2,1-3H3,(H,30,35)/t26-/m0/s1. The second-order valence-electron chi connectivity index (χ2n) is 9.58. The highest BCUT2D eigenvalue weighted by Crippen LogP contribution is 2.23. The van der Waals surface area contributed by atoms with E-state index in [1.807, 2.05) is 32.0 Å². The Morgan fingerprint density at radius 3 is 2.38 bits per heavy atom. The molecule has 8 nitrogen and oxygen atoms in total. The maximum atomic E-state index is 12.7. The van der Waals surface area contributed by atoms with E-state index in [1.165, 1.54) is 13.2 Å². The van der Waals surface area contributed by atoms with Crippen LogP contribution < -0.4 is 10.6 Å². The van der Waals surface area contributed by atoms with Crippen molar-refractivity contribution in [2.45, 2.75) is 45.1 Å². The number of amides is 1. The molecule has 3 aromatic carbocycles. The summed E-state index contributed by atoms with van der Waals surface area (Å²) >= 11 is 0. The van der Waals surface area contributed by atoms with Gasteiger partial charge in [-0.15, -0.1) is 0 Å². The summed E-state index contributed by atoms with van der Waals surface area (Å²) < 4.78 is 4.70. The number of benzene rings is 3. The summed E-state index contributed by atoms with van der Waals surface area (Å²) in [5.74, 6) is -0.616. The van der Waals surface area contributed by atoms with Crippen molar-refractivity contribution in [3.05, 3.63) is 100 Å². The number of β-amino-alcohol motifs (C(OH)–C–C–N with tert-alkyl or cyclic N) is 1. The first-order valence-corrected chi connectivity index (χ1v) is 12.0. The summed E-state index contributed by atoms with van der Waals surface area (Å²) in [6, 6.07) is 18.9. The number of phenols is 1. The third-order valence-corrected chi connectivity index (χ3v) is 6.10. The van der Waals surface area contributed by atoms with Gasteiger partial charge < -0.3 is 30.7 Å². The molecule has 8 heteroatoms. The summed E-state index contributed by atoms with van der Waals surface area (Å²) in [6.45, 7) is 4.32. The van der Waals surface area contributed by atoms with Crippen LogP contribution in [-0.4, -0.2) is 46.4 Å². The van der Waals surface area contributed by atoms with Crippen molar-refractivity contribution in [2.24, 2.45) is 0 Å². The van der Waals surface area contributed by atoms with Crippen molar-refractivity contribution in [1.29, 1.82) is 0 Å². The molecule has 0 aliphatic carbocycles. The molecular weight excluding hydrogens is 472 g/mol. The van der Waals surface area contributed by atoms with Crippen molar-refractivity contribution in [1.82, 2.24) is 10.6 Å². The number of ether oxygens (including phenoxy) is 1. The average molecular weight is 507 g/mol. The minimum absolute atomic E-state index is 0.00729. The number of rotatable bonds is 11. The van der Waals surface area contributed by atoms with Gasteiger partial charge in [-0.1, -0.05) is 30.3 Å². The highest BCUT2D eigenvalue weighted by molar-refractivity contribution is 5.94. The van der Waals surface area contributed by atoms with E-state index in [-0.39, 0.29) is 30.3 Å². The molecule has 0 unspecified atom stereocenters. The van der Waals surface area contributed by atoms with Crippen LogP contribution in [0.4, 0.5) is 0 Å². The van der Waals surface area contributed by atoms with Gasteiger partial charge in [-0.3, -0.25) is 4.79 Å². The molecule has 3 aromatic rings. The normalized spacial score (nSPS) is 12.1. The van der Waals surface area contributed by atoms with E-state index in [0.717, 1.165) is 11.1 Å². The number of carbonyl (C=O) groups excluding carboxylic acids is 2. The predicted octanol–water partition coefficient (Wildman–Crippen LogP) is 3.25. The first-order valence-electron chi connectivity index (χ1n) is 12.0. The van der Waals surface area contributed by atoms with E-state index in [1.54, 1.807) is 42.5 Å². The third kappa shape index (κ3) is 7.88. The first kappa shape index (κ1) is 27.9. The molecule has 0 bridgehead atoms. The third-order valence-electron chi connectivity index (χ3n) is 6.10. The van der Waals surface area contributed by atoms with Crippen LogP contribution in [0.25, 0.3) is 0 Å². The zero-order valence-corrected chi connectivity index (χ0v) is 21.3. The van der Waals surface area contributed by atoms with Crippen LogP contribution in [0, 0.1) is 0 Å². The number of aromatic hydroxyl groups is 1. The number of hydrogen-bond acceptors (Lipinski definition) is 7. The fraction of sp³-hybridized carbons (Fsp3) is 0.310. The monoisotopic (exact) mass is 506 g/mol. The van der Waals surface area contributed by atoms with Crippen LogP contribution in [0.3, 0.4) is 0 Å². The zero-order valence-electron chi connectivity index (χ0n) is 21.3. The van der Waals surface area contributed by atoms with Gasteiger partial charge in [-0.2, -0.15) is 0 Å². The second-order valence-corrected chi connectivity index (χ2v) is 9.58. The number of carbonyl (C=O) groups is 2. The fourth-order valence-electron chi connectivity index (χ4n) is 3.99. The topological polar surface area (TPSA) is 128 Å². The Labute approximate surface area is 216 Å². The van der Waals surface area contributed by atoms with E-state index in [9.17, 15) is 24.9 Å². The van der Waals surface area contributed by atoms with Crippen molar-refractivity contribution < 1.29 is 29.6 Å². The molecule has 1 amide bonds. The molecule has 0 aliphatic heterocycles. The van der Waals surface area contributed by atoms with Gasteiger partial charge in [0.2, 0.25) is 0 Å². The van der Waals surface area contributed by atoms with Gasteiger partial charge in [0, 0.05) is 29.8 Å². The molecule has 0 radical (unpaired) electrons. The van der Waals surface area contributed by atoms with Gasteiger partial charge in [0.1, 0.15) is 5.75 Å². The van der Waals surface area contributed by atoms with Crippen LogP contribution in [0.2, 0.25) is 0 Å². The highest BCUT2D eigenvalue weighted by Gasteiger charge is 2.21. The Hall–Kier alpha value is -3.72. The Morgan fingerprint density at radius 2 is 1.70 bits per heavy atom. The van der Waals surface area contributed by atoms with Crippen molar-refractivity contribution in [2.75, 3.05) is 13.7 Å². The number of methoxy groups -OCH3 is 1. The van der Waals surface area contributed by atoms with Gasteiger partial charge in [-0.05, 0) is 73.4 Å². The van der Waals surface area contributed by atoms with Crippen LogP contribution in [0.15, 0.2) is 66.7 Å². The first-order chi connectivity index (χ1) is 17.6. The van der Waals surface area contributed by atoms with E-state index < -0.39 is 12.1 Å². The van der Waals surface area contributed by atoms with Gasteiger partial charge in [0.05, 0.1) is 25.4 Å². The zero-order chi connectivity index (χ0) is 27.0. The van der Waals surface area contributed by atoms with E-state index in [0.29, 0.717) is 35.2 Å². The Kier molecular flexibility index (Phi) is 9.41. The quantitative estimate of drug-likeness (QED) is 0.253. The molecular formula is C29H34N2O6. The summed E-state index contributed by atoms with van der Waals surface area (Å²) in [5, 5.41) is 35.9. The predicted molar refractivity (Wildman–Crippen MR) is 140 cm³/mol. The number of hydrogen-bond donors (Lipinski definition) is 5. The number of aliphatic hydroxyl groups excluding tert-OH is 2. The molecule has 1 atom stereocenters. The maximum absolute atomic E-state index is 12.7. The summed E-state index contributed by atoms with van der Waals surface area (Å²) in [7, 11) is 1.33. The minimum Gasteiger partial charge on any atom is -0.508 e. The van der Waals surface area contributed by atoms with Crippen molar-refractivity contribution in [3.8, 4) is 5.75 Å². The number of aliphatic hydroxyl groups is 2. The molecule has 3 rings (SSSR count). The lowest BCUT2D eigenvalue weighted by molar-refractivity contribution is 0.0600. The van der Waals surface area contributed by atoms with E-state index in [4.69, 9.17) is 4.74 Å². The lowest BCUT2D eigenvalue weighted by Crippen LogP contribution is -2.43. The van der Waals surface area contributed by atoms with Crippen LogP contribution >= 0.6 is 0 Å². The maximum Gasteiger partial charge on any atom is 0.337 e. The van der Waals surface area contributed by atoms with Gasteiger partial charge in [-0.25, -0.2) is 4.79 Å². The molecule has 0 saturated heterocycles. The highest BCUT2D eigenvalue weighted by atomic mass is 16.5. The lowest BCUT2D eigenvalue weighted by atomic mass is 9.93. The SMILES string of the molecule is COC(=O)c1ccc(CNC(=O)c2cccc(CC(C)(C)NC[C@H](O)c3ccc(O)c(CO)c3)c2)cc1. The summed E-state index contributed by atoms with van der Waals surface area (Å²) in [4.78, 5) is 24.3. The molecule has 0 saturated carbocycles. The largest absolute Gasteiger partial charge is 0.508 e. The lowest BCUT2D eigenvalue weighted by Gasteiger charge is -2.28. The molecule has 0 fully saturated rings. The Morgan fingerprint density at radius 1 is 0.973 bits per heavy atom. The number of esters is 1. The van der Waals surface area contributed by atoms with Crippen LogP contribution in [-0.2, 0) is 24.3 Å². The molecule has 5 N–H and O–H groups in total. The van der Waals surface area contributed by atoms with Gasteiger partial charge >= 0.3 is 5.97 Å². The molecule has 37 heavy (non-hydrogen) atoms. The average Bonchev–Trinajstić information content (AvgIpc) is 2.90. The smallest absolute Gasteiger partial charge is 0.337 e. The molecule has 0 heterocycles. The Bertz CT molecular complexity index is 1220. The Balaban J connectivity index is 1.56. The van der Waals surface area contributed by atoms with E-state index >= 15 is 0 Å². The molecule has 0 aliphatic rings. The summed E-state index contributed by atoms with van der Waals surface area (Å²) in [6.07, 6.45) is -0.197. The van der Waals surface area contributed by atoms with E-state index in [2.05, 4.69) is 10.6 Å².